The Morgan fingerprint density at radius 3 is 1.79 bits per heavy atom. The van der Waals surface area contributed by atoms with E-state index in [1.54, 1.807) is 16.5 Å². The van der Waals surface area contributed by atoms with E-state index in [0.717, 1.165) is 0 Å². The lowest BCUT2D eigenvalue weighted by Crippen LogP contribution is -1.81. The van der Waals surface area contributed by atoms with Crippen molar-refractivity contribution in [2.45, 2.75) is 65.2 Å². The molecule has 0 saturated heterocycles. The molecule has 0 aliphatic heterocycles. The van der Waals surface area contributed by atoms with Crippen LogP contribution in [0.25, 0.3) is 0 Å². The molecule has 0 atom stereocenters. The Morgan fingerprint density at radius 1 is 0.643 bits per heavy atom. The van der Waals surface area contributed by atoms with E-state index in [9.17, 15) is 0 Å². The van der Waals surface area contributed by atoms with E-state index in [2.05, 4.69) is 13.8 Å². The van der Waals surface area contributed by atoms with Crippen molar-refractivity contribution in [3.05, 3.63) is 0 Å². The zero-order valence-electron chi connectivity index (χ0n) is 9.97. The predicted octanol–water partition coefficient (Wildman–Crippen LogP) is 5.95. The maximum absolute atomic E-state index is 2.28. The zero-order valence-corrected chi connectivity index (χ0v) is 11.8. The molecular formula is C12H26P2. The lowest BCUT2D eigenvalue weighted by Gasteiger charge is -2.00. The molecule has 0 aromatic carbocycles. The molecule has 0 N–H and O–H groups in total. The summed E-state index contributed by atoms with van der Waals surface area (Å²) in [5.41, 5.74) is 0. The minimum absolute atomic E-state index is 1.33. The van der Waals surface area contributed by atoms with Crippen LogP contribution in [0, 0.1) is 0 Å². The Bertz CT molecular complexity index is 82.3. The second kappa shape index (κ2) is 13.9. The standard InChI is InChI=1S/C12H26P2/c1-3-5-6-7-8-9-10-11-12-14-13-4-2/h3-12H2,1-2H3. The van der Waals surface area contributed by atoms with Gasteiger partial charge in [0.05, 0.1) is 0 Å². The van der Waals surface area contributed by atoms with Gasteiger partial charge in [0.1, 0.15) is 0 Å². The van der Waals surface area contributed by atoms with Crippen molar-refractivity contribution in [2.75, 3.05) is 12.3 Å². The van der Waals surface area contributed by atoms with Crippen LogP contribution in [0.4, 0.5) is 0 Å². The van der Waals surface area contributed by atoms with Gasteiger partial charge in [0.2, 0.25) is 0 Å². The smallest absolute Gasteiger partial charge is 0.0242 e. The first-order valence-corrected chi connectivity index (χ1v) is 9.11. The second-order valence-electron chi connectivity index (χ2n) is 3.80. The van der Waals surface area contributed by atoms with E-state index >= 15 is 0 Å². The maximum atomic E-state index is 2.28. The van der Waals surface area contributed by atoms with Gasteiger partial charge in [-0.3, -0.25) is 0 Å². The summed E-state index contributed by atoms with van der Waals surface area (Å²) < 4.78 is 0. The van der Waals surface area contributed by atoms with Gasteiger partial charge in [-0.15, -0.1) is 0 Å². The summed E-state index contributed by atoms with van der Waals surface area (Å²) in [6.45, 7) is 4.55. The highest BCUT2D eigenvalue weighted by molar-refractivity contribution is 8.11. The minimum Gasteiger partial charge on any atom is -0.0654 e. The maximum Gasteiger partial charge on any atom is -0.0242 e. The highest BCUT2D eigenvalue weighted by Gasteiger charge is 1.92. The Hall–Kier alpha value is 0.860. The molecule has 0 spiro atoms. The van der Waals surface area contributed by atoms with Gasteiger partial charge in [-0.2, -0.15) is 0 Å². The quantitative estimate of drug-likeness (QED) is 0.305. The zero-order chi connectivity index (χ0) is 10.5. The van der Waals surface area contributed by atoms with Crippen molar-refractivity contribution < 1.29 is 0 Å². The van der Waals surface area contributed by atoms with Gasteiger partial charge in [-0.25, -0.2) is 0 Å². The second-order valence-corrected chi connectivity index (χ2v) is 7.14. The molecule has 0 aromatic rings. The number of hydrogen-bond acceptors (Lipinski definition) is 0. The summed E-state index contributed by atoms with van der Waals surface area (Å²) in [4.78, 5) is 0. The van der Waals surface area contributed by atoms with Gasteiger partial charge in [-0.05, 0) is 35.3 Å². The molecule has 0 nitrogen and oxygen atoms in total. The Morgan fingerprint density at radius 2 is 1.21 bits per heavy atom. The summed E-state index contributed by atoms with van der Waals surface area (Å²) in [5.74, 6) is 0. The fourth-order valence-corrected chi connectivity index (χ4v) is 3.64. The molecule has 0 rings (SSSR count). The van der Waals surface area contributed by atoms with Crippen LogP contribution in [0.1, 0.15) is 65.2 Å². The molecule has 2 radical (unpaired) electrons. The van der Waals surface area contributed by atoms with E-state index in [0.29, 0.717) is 0 Å². The molecule has 0 aromatic heterocycles. The third-order valence-electron chi connectivity index (χ3n) is 2.35. The number of rotatable bonds is 11. The van der Waals surface area contributed by atoms with Gasteiger partial charge < -0.3 is 0 Å². The van der Waals surface area contributed by atoms with Crippen LogP contribution in [0.3, 0.4) is 0 Å². The lowest BCUT2D eigenvalue weighted by atomic mass is 10.1. The first-order chi connectivity index (χ1) is 6.91. The normalized spacial score (nSPS) is 12.4. The molecule has 0 amide bonds. The molecule has 84 valence electrons. The fourth-order valence-electron chi connectivity index (χ4n) is 1.49. The molecule has 0 fully saturated rings. The molecule has 2 heteroatoms. The van der Waals surface area contributed by atoms with E-state index in [-0.39, 0.29) is 0 Å². The largest absolute Gasteiger partial charge is 0.0654 e. The van der Waals surface area contributed by atoms with E-state index in [1.165, 1.54) is 63.7 Å². The topological polar surface area (TPSA) is 0 Å². The first-order valence-electron chi connectivity index (χ1n) is 6.25. The Balaban J connectivity index is 2.78. The summed E-state index contributed by atoms with van der Waals surface area (Å²) in [7, 11) is 3.28. The molecule has 0 aliphatic rings. The fraction of sp³-hybridized carbons (Fsp3) is 1.00. The van der Waals surface area contributed by atoms with Crippen molar-refractivity contribution in [3.8, 4) is 0 Å². The summed E-state index contributed by atoms with van der Waals surface area (Å²) in [5, 5.41) is 0. The van der Waals surface area contributed by atoms with Crippen molar-refractivity contribution >= 4 is 16.5 Å². The molecule has 0 aliphatic carbocycles. The van der Waals surface area contributed by atoms with Crippen LogP contribution < -0.4 is 0 Å². The third-order valence-corrected chi connectivity index (χ3v) is 5.40. The van der Waals surface area contributed by atoms with Gasteiger partial charge in [0, 0.05) is 0 Å². The van der Waals surface area contributed by atoms with Crippen molar-refractivity contribution in [1.29, 1.82) is 0 Å². The first kappa shape index (κ1) is 14.9. The predicted molar refractivity (Wildman–Crippen MR) is 71.9 cm³/mol. The van der Waals surface area contributed by atoms with E-state index < -0.39 is 0 Å². The highest BCUT2D eigenvalue weighted by Crippen LogP contribution is 2.36. The van der Waals surface area contributed by atoms with Crippen molar-refractivity contribution in [1.82, 2.24) is 0 Å². The van der Waals surface area contributed by atoms with Crippen LogP contribution in [0.2, 0.25) is 0 Å². The molecule has 0 saturated carbocycles. The average Bonchev–Trinajstić information content (AvgIpc) is 2.21. The van der Waals surface area contributed by atoms with Gasteiger partial charge in [0.25, 0.3) is 0 Å². The minimum atomic E-state index is 1.33. The van der Waals surface area contributed by atoms with Crippen molar-refractivity contribution in [3.63, 3.8) is 0 Å². The van der Waals surface area contributed by atoms with E-state index in [4.69, 9.17) is 0 Å². The summed E-state index contributed by atoms with van der Waals surface area (Å²) in [6.07, 6.45) is 14.4. The molecular weight excluding hydrogens is 206 g/mol. The van der Waals surface area contributed by atoms with Crippen LogP contribution >= 0.6 is 16.5 Å². The van der Waals surface area contributed by atoms with E-state index in [1.807, 2.05) is 0 Å². The van der Waals surface area contributed by atoms with Crippen LogP contribution in [0.5, 0.6) is 0 Å². The molecule has 0 heterocycles. The van der Waals surface area contributed by atoms with Crippen molar-refractivity contribution in [2.24, 2.45) is 0 Å². The van der Waals surface area contributed by atoms with Crippen LogP contribution in [-0.4, -0.2) is 12.3 Å². The summed E-state index contributed by atoms with van der Waals surface area (Å²) >= 11 is 0. The monoisotopic (exact) mass is 232 g/mol. The summed E-state index contributed by atoms with van der Waals surface area (Å²) in [6, 6.07) is 0. The van der Waals surface area contributed by atoms with Crippen LogP contribution in [0.15, 0.2) is 0 Å². The van der Waals surface area contributed by atoms with Gasteiger partial charge in [0.15, 0.2) is 0 Å². The lowest BCUT2D eigenvalue weighted by molar-refractivity contribution is 0.586. The molecule has 0 bridgehead atoms. The number of unbranched alkanes of at least 4 members (excludes halogenated alkanes) is 7. The Labute approximate surface area is 94.5 Å². The van der Waals surface area contributed by atoms with Crippen LogP contribution in [-0.2, 0) is 0 Å². The Kier molecular flexibility index (Phi) is 14.7. The van der Waals surface area contributed by atoms with Gasteiger partial charge in [-0.1, -0.05) is 58.8 Å². The number of hydrogen-bond donors (Lipinski definition) is 0. The highest BCUT2D eigenvalue weighted by atomic mass is 32.0. The molecule has 14 heavy (non-hydrogen) atoms. The van der Waals surface area contributed by atoms with Gasteiger partial charge >= 0.3 is 0 Å². The SMILES string of the molecule is CCCCCCCCCC[P][P]CC. The molecule has 0 unspecified atom stereocenters. The third kappa shape index (κ3) is 12.9. The average molecular weight is 232 g/mol.